The van der Waals surface area contributed by atoms with E-state index >= 15 is 0 Å². The predicted octanol–water partition coefficient (Wildman–Crippen LogP) is 2.37. The molecule has 1 atom stereocenters. The van der Waals surface area contributed by atoms with Gasteiger partial charge in [0.1, 0.15) is 0 Å². The van der Waals surface area contributed by atoms with Crippen LogP contribution in [-0.4, -0.2) is 54.2 Å². The van der Waals surface area contributed by atoms with Crippen LogP contribution >= 0.6 is 0 Å². The average molecular weight is 317 g/mol. The number of hydrogen-bond acceptors (Lipinski definition) is 4. The van der Waals surface area contributed by atoms with Crippen molar-refractivity contribution in [2.75, 3.05) is 26.2 Å². The maximum Gasteiger partial charge on any atom is 0.418 e. The van der Waals surface area contributed by atoms with Gasteiger partial charge in [-0.25, -0.2) is 14.5 Å². The SMILES string of the molecule is CCOC(=O)N1C[C@@H](c2ccccc2)N(C2CCNCC2)C1=O. The highest BCUT2D eigenvalue weighted by Crippen LogP contribution is 2.34. The van der Waals surface area contributed by atoms with Gasteiger partial charge >= 0.3 is 12.1 Å². The minimum Gasteiger partial charge on any atom is -0.449 e. The predicted molar refractivity (Wildman–Crippen MR) is 86.0 cm³/mol. The summed E-state index contributed by atoms with van der Waals surface area (Å²) in [6.07, 6.45) is 1.27. The molecule has 1 aromatic carbocycles. The fraction of sp³-hybridized carbons (Fsp3) is 0.529. The molecule has 1 aromatic rings. The van der Waals surface area contributed by atoms with Crippen molar-refractivity contribution in [3.63, 3.8) is 0 Å². The molecule has 0 bridgehead atoms. The number of carbonyl (C=O) groups is 2. The quantitative estimate of drug-likeness (QED) is 0.930. The first-order valence-corrected chi connectivity index (χ1v) is 8.24. The highest BCUT2D eigenvalue weighted by Gasteiger charge is 2.45. The number of nitrogens with one attached hydrogen (secondary N) is 1. The van der Waals surface area contributed by atoms with Gasteiger partial charge in [0.2, 0.25) is 0 Å². The van der Waals surface area contributed by atoms with Gasteiger partial charge in [-0.15, -0.1) is 0 Å². The largest absolute Gasteiger partial charge is 0.449 e. The van der Waals surface area contributed by atoms with Crippen LogP contribution < -0.4 is 5.32 Å². The molecule has 0 unspecified atom stereocenters. The second kappa shape index (κ2) is 7.00. The van der Waals surface area contributed by atoms with Crippen LogP contribution in [0.15, 0.2) is 30.3 Å². The van der Waals surface area contributed by atoms with E-state index in [2.05, 4.69) is 5.32 Å². The van der Waals surface area contributed by atoms with E-state index in [1.807, 2.05) is 35.2 Å². The number of piperidine rings is 1. The minimum atomic E-state index is -0.546. The molecule has 6 heteroatoms. The van der Waals surface area contributed by atoms with Crippen molar-refractivity contribution in [3.05, 3.63) is 35.9 Å². The van der Waals surface area contributed by atoms with Crippen LogP contribution in [0.25, 0.3) is 0 Å². The summed E-state index contributed by atoms with van der Waals surface area (Å²) in [6.45, 7) is 4.17. The van der Waals surface area contributed by atoms with Crippen molar-refractivity contribution in [1.82, 2.24) is 15.1 Å². The summed E-state index contributed by atoms with van der Waals surface area (Å²) in [5.74, 6) is 0. The molecule has 3 rings (SSSR count). The fourth-order valence-electron chi connectivity index (χ4n) is 3.40. The number of nitrogens with zero attached hydrogens (tertiary/aromatic N) is 2. The van der Waals surface area contributed by atoms with Gasteiger partial charge in [0, 0.05) is 6.04 Å². The molecule has 1 N–H and O–H groups in total. The van der Waals surface area contributed by atoms with Gasteiger partial charge in [-0.2, -0.15) is 0 Å². The second-order valence-corrected chi connectivity index (χ2v) is 5.91. The number of ether oxygens (including phenoxy) is 1. The van der Waals surface area contributed by atoms with E-state index < -0.39 is 6.09 Å². The molecule has 2 heterocycles. The zero-order valence-corrected chi connectivity index (χ0v) is 13.4. The Morgan fingerprint density at radius 3 is 2.61 bits per heavy atom. The van der Waals surface area contributed by atoms with Crippen LogP contribution in [-0.2, 0) is 4.74 Å². The fourth-order valence-corrected chi connectivity index (χ4v) is 3.40. The van der Waals surface area contributed by atoms with E-state index in [0.717, 1.165) is 31.5 Å². The minimum absolute atomic E-state index is 0.101. The van der Waals surface area contributed by atoms with E-state index in [1.54, 1.807) is 6.92 Å². The molecule has 3 amide bonds. The van der Waals surface area contributed by atoms with Crippen molar-refractivity contribution < 1.29 is 14.3 Å². The van der Waals surface area contributed by atoms with E-state index in [4.69, 9.17) is 4.74 Å². The molecule has 2 aliphatic heterocycles. The molecule has 23 heavy (non-hydrogen) atoms. The Kier molecular flexibility index (Phi) is 4.81. The smallest absolute Gasteiger partial charge is 0.418 e. The first kappa shape index (κ1) is 15.8. The van der Waals surface area contributed by atoms with Gasteiger partial charge in [-0.05, 0) is 38.4 Å². The van der Waals surface area contributed by atoms with Crippen molar-refractivity contribution in [2.45, 2.75) is 31.8 Å². The summed E-state index contributed by atoms with van der Waals surface area (Å²) in [5.41, 5.74) is 1.06. The maximum absolute atomic E-state index is 12.8. The summed E-state index contributed by atoms with van der Waals surface area (Å²) in [4.78, 5) is 28.1. The first-order chi connectivity index (χ1) is 11.2. The second-order valence-electron chi connectivity index (χ2n) is 5.91. The Labute approximate surface area is 136 Å². The Morgan fingerprint density at radius 2 is 1.96 bits per heavy atom. The summed E-state index contributed by atoms with van der Waals surface area (Å²) in [6, 6.07) is 9.74. The summed E-state index contributed by atoms with van der Waals surface area (Å²) in [5, 5.41) is 3.32. The van der Waals surface area contributed by atoms with E-state index in [1.165, 1.54) is 4.90 Å². The Balaban J connectivity index is 1.87. The maximum atomic E-state index is 12.8. The summed E-state index contributed by atoms with van der Waals surface area (Å²) in [7, 11) is 0. The normalized spacial score (nSPS) is 22.5. The molecule has 2 aliphatic rings. The highest BCUT2D eigenvalue weighted by molar-refractivity contribution is 5.93. The molecular weight excluding hydrogens is 294 g/mol. The van der Waals surface area contributed by atoms with Gasteiger partial charge in [-0.1, -0.05) is 30.3 Å². The molecule has 0 saturated carbocycles. The molecule has 6 nitrogen and oxygen atoms in total. The van der Waals surface area contributed by atoms with Crippen molar-refractivity contribution in [3.8, 4) is 0 Å². The molecule has 0 radical (unpaired) electrons. The number of benzene rings is 1. The molecule has 0 aromatic heterocycles. The molecule has 0 spiro atoms. The zero-order chi connectivity index (χ0) is 16.2. The van der Waals surface area contributed by atoms with Gasteiger partial charge in [-0.3, -0.25) is 0 Å². The molecule has 2 saturated heterocycles. The first-order valence-electron chi connectivity index (χ1n) is 8.24. The third kappa shape index (κ3) is 3.17. The lowest BCUT2D eigenvalue weighted by molar-refractivity contribution is 0.116. The number of amides is 3. The summed E-state index contributed by atoms with van der Waals surface area (Å²) >= 11 is 0. The highest BCUT2D eigenvalue weighted by atomic mass is 16.6. The Hall–Kier alpha value is -2.08. The van der Waals surface area contributed by atoms with Crippen molar-refractivity contribution >= 4 is 12.1 Å². The lowest BCUT2D eigenvalue weighted by atomic mass is 10.00. The van der Waals surface area contributed by atoms with Gasteiger partial charge in [0.15, 0.2) is 0 Å². The third-order valence-corrected chi connectivity index (χ3v) is 4.52. The van der Waals surface area contributed by atoms with E-state index in [-0.39, 0.29) is 24.7 Å². The van der Waals surface area contributed by atoms with Gasteiger partial charge in [0.05, 0.1) is 19.2 Å². The van der Waals surface area contributed by atoms with Crippen LogP contribution in [0.1, 0.15) is 31.4 Å². The number of rotatable bonds is 3. The van der Waals surface area contributed by atoms with Crippen LogP contribution in [0.5, 0.6) is 0 Å². The Morgan fingerprint density at radius 1 is 1.26 bits per heavy atom. The Bertz CT molecular complexity index is 557. The third-order valence-electron chi connectivity index (χ3n) is 4.52. The zero-order valence-electron chi connectivity index (χ0n) is 13.4. The van der Waals surface area contributed by atoms with Gasteiger partial charge in [0.25, 0.3) is 0 Å². The monoisotopic (exact) mass is 317 g/mol. The number of hydrogen-bond donors (Lipinski definition) is 1. The van der Waals surface area contributed by atoms with Crippen molar-refractivity contribution in [1.29, 1.82) is 0 Å². The van der Waals surface area contributed by atoms with Crippen LogP contribution in [0, 0.1) is 0 Å². The van der Waals surface area contributed by atoms with E-state index in [0.29, 0.717) is 6.54 Å². The summed E-state index contributed by atoms with van der Waals surface area (Å²) < 4.78 is 5.04. The average Bonchev–Trinajstić information content (AvgIpc) is 2.94. The standard InChI is InChI=1S/C17H23N3O3/c1-2-23-17(22)19-12-15(13-6-4-3-5-7-13)20(16(19)21)14-8-10-18-11-9-14/h3-7,14-15,18H,2,8-12H2,1H3/t15-/m0/s1. The lowest BCUT2D eigenvalue weighted by Gasteiger charge is -2.35. The molecular formula is C17H23N3O3. The molecule has 2 fully saturated rings. The topological polar surface area (TPSA) is 61.9 Å². The molecule has 0 aliphatic carbocycles. The van der Waals surface area contributed by atoms with Crippen LogP contribution in [0.4, 0.5) is 9.59 Å². The number of imide groups is 1. The van der Waals surface area contributed by atoms with Gasteiger partial charge < -0.3 is 15.0 Å². The van der Waals surface area contributed by atoms with Crippen molar-refractivity contribution in [2.24, 2.45) is 0 Å². The van der Waals surface area contributed by atoms with Crippen LogP contribution in [0.2, 0.25) is 0 Å². The number of urea groups is 1. The lowest BCUT2D eigenvalue weighted by Crippen LogP contribution is -2.46. The number of carbonyl (C=O) groups excluding carboxylic acids is 2. The molecule has 124 valence electrons. The van der Waals surface area contributed by atoms with E-state index in [9.17, 15) is 9.59 Å². The van der Waals surface area contributed by atoms with Crippen LogP contribution in [0.3, 0.4) is 0 Å².